The number of aromatic nitrogens is 3. The average molecular weight is 309 g/mol. The van der Waals surface area contributed by atoms with Crippen molar-refractivity contribution in [2.24, 2.45) is 0 Å². The molecule has 0 fully saturated rings. The number of carbonyl (C=O) groups is 1. The summed E-state index contributed by atoms with van der Waals surface area (Å²) in [6, 6.07) is 9.51. The Morgan fingerprint density at radius 1 is 1.22 bits per heavy atom. The molecule has 1 N–H and O–H groups in total. The predicted molar refractivity (Wildman–Crippen MR) is 88.0 cm³/mol. The van der Waals surface area contributed by atoms with E-state index in [1.807, 2.05) is 59.9 Å². The highest BCUT2D eigenvalue weighted by Gasteiger charge is 2.18. The molecule has 0 aromatic carbocycles. The van der Waals surface area contributed by atoms with E-state index >= 15 is 0 Å². The van der Waals surface area contributed by atoms with Crippen LogP contribution < -0.4 is 5.32 Å². The molecule has 3 rings (SSSR count). The molecule has 0 spiro atoms. The van der Waals surface area contributed by atoms with Gasteiger partial charge < -0.3 is 14.6 Å². The number of carbonyl (C=O) groups excluding carboxylic acids is 1. The van der Waals surface area contributed by atoms with Crippen LogP contribution >= 0.6 is 0 Å². The van der Waals surface area contributed by atoms with Crippen LogP contribution in [0.3, 0.4) is 0 Å². The molecule has 6 heteroatoms. The summed E-state index contributed by atoms with van der Waals surface area (Å²) < 4.78 is 1.96. The molecule has 3 aromatic heterocycles. The Labute approximate surface area is 134 Å². The van der Waals surface area contributed by atoms with Crippen LogP contribution in [-0.2, 0) is 13.1 Å². The largest absolute Gasteiger partial charge is 0.347 e. The Balaban J connectivity index is 1.87. The second kappa shape index (κ2) is 6.58. The highest BCUT2D eigenvalue weighted by atomic mass is 16.1. The van der Waals surface area contributed by atoms with Crippen LogP contribution in [0.1, 0.15) is 21.7 Å². The van der Waals surface area contributed by atoms with Crippen molar-refractivity contribution in [1.29, 1.82) is 0 Å². The maximum absolute atomic E-state index is 12.6. The molecule has 3 aromatic rings. The van der Waals surface area contributed by atoms with Crippen molar-refractivity contribution >= 4 is 11.6 Å². The molecular formula is C17H19N5O. The molecule has 0 aliphatic carbocycles. The molecular weight excluding hydrogens is 290 g/mol. The minimum Gasteiger partial charge on any atom is -0.347 e. The lowest BCUT2D eigenvalue weighted by molar-refractivity contribution is 0.0944. The van der Waals surface area contributed by atoms with Gasteiger partial charge in [0.05, 0.1) is 5.69 Å². The first-order chi connectivity index (χ1) is 11.1. The van der Waals surface area contributed by atoms with Crippen LogP contribution in [0, 0.1) is 0 Å². The van der Waals surface area contributed by atoms with E-state index in [-0.39, 0.29) is 5.91 Å². The fourth-order valence-corrected chi connectivity index (χ4v) is 2.45. The lowest BCUT2D eigenvalue weighted by Crippen LogP contribution is -2.25. The number of nitrogens with one attached hydrogen (secondary N) is 1. The molecule has 0 aliphatic heterocycles. The summed E-state index contributed by atoms with van der Waals surface area (Å²) in [7, 11) is 3.95. The second-order valence-electron chi connectivity index (χ2n) is 5.61. The summed E-state index contributed by atoms with van der Waals surface area (Å²) >= 11 is 0. The first-order valence-corrected chi connectivity index (χ1v) is 7.43. The topological polar surface area (TPSA) is 62.5 Å². The van der Waals surface area contributed by atoms with Crippen LogP contribution in [0.5, 0.6) is 0 Å². The van der Waals surface area contributed by atoms with Crippen molar-refractivity contribution in [2.45, 2.75) is 13.1 Å². The number of nitrogens with zero attached hydrogens (tertiary/aromatic N) is 4. The number of hydrogen-bond donors (Lipinski definition) is 1. The van der Waals surface area contributed by atoms with Gasteiger partial charge in [-0.2, -0.15) is 0 Å². The molecule has 3 heterocycles. The van der Waals surface area contributed by atoms with Crippen LogP contribution in [0.15, 0.2) is 48.9 Å². The van der Waals surface area contributed by atoms with Gasteiger partial charge in [-0.05, 0) is 43.9 Å². The second-order valence-corrected chi connectivity index (χ2v) is 5.61. The highest BCUT2D eigenvalue weighted by molar-refractivity contribution is 5.94. The predicted octanol–water partition coefficient (Wildman–Crippen LogP) is 1.72. The van der Waals surface area contributed by atoms with Gasteiger partial charge in [-0.1, -0.05) is 6.07 Å². The van der Waals surface area contributed by atoms with Gasteiger partial charge in [0.25, 0.3) is 5.91 Å². The number of amides is 1. The third kappa shape index (κ3) is 3.37. The lowest BCUT2D eigenvalue weighted by atomic mass is 10.2. The molecule has 23 heavy (non-hydrogen) atoms. The molecule has 0 aliphatic rings. The number of hydrogen-bond acceptors (Lipinski definition) is 4. The van der Waals surface area contributed by atoms with E-state index in [1.165, 1.54) is 0 Å². The van der Waals surface area contributed by atoms with Crippen LogP contribution in [0.2, 0.25) is 0 Å². The van der Waals surface area contributed by atoms with Crippen molar-refractivity contribution < 1.29 is 4.79 Å². The molecule has 118 valence electrons. The SMILES string of the molecule is CN(C)Cc1c(C(=O)NCc2ccncc2)nc2ccccn12. The van der Waals surface area contributed by atoms with E-state index in [9.17, 15) is 4.79 Å². The zero-order valence-electron chi connectivity index (χ0n) is 13.2. The van der Waals surface area contributed by atoms with Crippen LogP contribution in [-0.4, -0.2) is 39.3 Å². The average Bonchev–Trinajstić information content (AvgIpc) is 2.92. The summed E-state index contributed by atoms with van der Waals surface area (Å²) in [6.07, 6.45) is 5.36. The third-order valence-electron chi connectivity index (χ3n) is 3.51. The quantitative estimate of drug-likeness (QED) is 0.779. The van der Waals surface area contributed by atoms with Gasteiger partial charge in [0.2, 0.25) is 0 Å². The summed E-state index contributed by atoms with van der Waals surface area (Å²) in [5.74, 6) is -0.164. The Morgan fingerprint density at radius 3 is 2.74 bits per heavy atom. The zero-order chi connectivity index (χ0) is 16.2. The third-order valence-corrected chi connectivity index (χ3v) is 3.51. The number of rotatable bonds is 5. The van der Waals surface area contributed by atoms with E-state index in [2.05, 4.69) is 15.3 Å². The normalized spacial score (nSPS) is 11.1. The van der Waals surface area contributed by atoms with Crippen molar-refractivity contribution in [1.82, 2.24) is 24.6 Å². The van der Waals surface area contributed by atoms with E-state index in [0.29, 0.717) is 18.8 Å². The fraction of sp³-hybridized carbons (Fsp3) is 0.235. The minimum absolute atomic E-state index is 0.164. The fourth-order valence-electron chi connectivity index (χ4n) is 2.45. The Morgan fingerprint density at radius 2 is 2.00 bits per heavy atom. The van der Waals surface area contributed by atoms with Gasteiger partial charge in [-0.15, -0.1) is 0 Å². The van der Waals surface area contributed by atoms with Crippen LogP contribution in [0.4, 0.5) is 0 Å². The molecule has 6 nitrogen and oxygen atoms in total. The van der Waals surface area contributed by atoms with Gasteiger partial charge in [-0.3, -0.25) is 9.78 Å². The van der Waals surface area contributed by atoms with Crippen LogP contribution in [0.25, 0.3) is 5.65 Å². The molecule has 0 atom stereocenters. The number of pyridine rings is 2. The maximum Gasteiger partial charge on any atom is 0.272 e. The zero-order valence-corrected chi connectivity index (χ0v) is 13.2. The van der Waals surface area contributed by atoms with Crippen molar-refractivity contribution in [2.75, 3.05) is 14.1 Å². The van der Waals surface area contributed by atoms with Crippen molar-refractivity contribution in [3.63, 3.8) is 0 Å². The molecule has 0 radical (unpaired) electrons. The Hall–Kier alpha value is -2.73. The summed E-state index contributed by atoms with van der Waals surface area (Å²) in [4.78, 5) is 23.1. The number of imidazole rings is 1. The van der Waals surface area contributed by atoms with E-state index in [0.717, 1.165) is 16.9 Å². The molecule has 0 bridgehead atoms. The maximum atomic E-state index is 12.6. The Bertz CT molecular complexity index is 810. The first kappa shape index (κ1) is 15.2. The monoisotopic (exact) mass is 309 g/mol. The van der Waals surface area contributed by atoms with E-state index < -0.39 is 0 Å². The highest BCUT2D eigenvalue weighted by Crippen LogP contribution is 2.14. The van der Waals surface area contributed by atoms with Gasteiger partial charge in [0.1, 0.15) is 5.65 Å². The molecule has 0 unspecified atom stereocenters. The summed E-state index contributed by atoms with van der Waals surface area (Å²) in [5, 5.41) is 2.93. The van der Waals surface area contributed by atoms with E-state index in [4.69, 9.17) is 0 Å². The minimum atomic E-state index is -0.164. The Kier molecular flexibility index (Phi) is 4.34. The lowest BCUT2D eigenvalue weighted by Gasteiger charge is -2.11. The van der Waals surface area contributed by atoms with Gasteiger partial charge in [0.15, 0.2) is 5.69 Å². The molecule has 1 amide bonds. The van der Waals surface area contributed by atoms with Crippen molar-refractivity contribution in [3.05, 3.63) is 65.9 Å². The molecule has 0 saturated carbocycles. The first-order valence-electron chi connectivity index (χ1n) is 7.43. The van der Waals surface area contributed by atoms with Gasteiger partial charge >= 0.3 is 0 Å². The standard InChI is InChI=1S/C17H19N5O/c1-21(2)12-14-16(20-15-5-3-4-10-22(14)15)17(23)19-11-13-6-8-18-9-7-13/h3-10H,11-12H2,1-2H3,(H,19,23). The summed E-state index contributed by atoms with van der Waals surface area (Å²) in [5.41, 5.74) is 3.14. The number of fused-ring (bicyclic) bond motifs is 1. The van der Waals surface area contributed by atoms with E-state index in [1.54, 1.807) is 12.4 Å². The van der Waals surface area contributed by atoms with Gasteiger partial charge in [-0.25, -0.2) is 4.98 Å². The summed E-state index contributed by atoms with van der Waals surface area (Å²) in [6.45, 7) is 1.10. The van der Waals surface area contributed by atoms with Crippen molar-refractivity contribution in [3.8, 4) is 0 Å². The smallest absolute Gasteiger partial charge is 0.272 e. The molecule has 0 saturated heterocycles. The van der Waals surface area contributed by atoms with Gasteiger partial charge in [0, 0.05) is 31.7 Å².